The van der Waals surface area contributed by atoms with Gasteiger partial charge in [0.25, 0.3) is 0 Å². The third-order valence-electron chi connectivity index (χ3n) is 12.0. The number of benzene rings is 1. The van der Waals surface area contributed by atoms with Crippen LogP contribution in [0.25, 0.3) is 10.8 Å². The minimum absolute atomic E-state index is 0.00886. The van der Waals surface area contributed by atoms with Crippen molar-refractivity contribution in [1.82, 2.24) is 14.6 Å². The highest BCUT2D eigenvalue weighted by Gasteiger charge is 2.62. The molecule has 2 saturated carbocycles. The summed E-state index contributed by atoms with van der Waals surface area (Å²) < 4.78 is 86.8. The molecule has 1 saturated heterocycles. The number of halogens is 4. The van der Waals surface area contributed by atoms with E-state index in [2.05, 4.69) is 9.71 Å². The predicted molar refractivity (Wildman–Crippen MR) is 213 cm³/mol. The average Bonchev–Trinajstić information content (AvgIpc) is 4.05. The van der Waals surface area contributed by atoms with Gasteiger partial charge >= 0.3 is 12.1 Å². The first-order chi connectivity index (χ1) is 27.5. The Bertz CT molecular complexity index is 2110. The van der Waals surface area contributed by atoms with Crippen LogP contribution < -0.4 is 14.2 Å². The summed E-state index contributed by atoms with van der Waals surface area (Å²) in [5.74, 6) is -4.70. The predicted octanol–water partition coefficient (Wildman–Crippen LogP) is 7.50. The first-order valence-electron chi connectivity index (χ1n) is 20.3. The van der Waals surface area contributed by atoms with Crippen molar-refractivity contribution in [3.63, 3.8) is 0 Å². The Morgan fingerprint density at radius 3 is 2.47 bits per heavy atom. The maximum absolute atomic E-state index is 14.9. The van der Waals surface area contributed by atoms with Crippen molar-refractivity contribution in [2.45, 2.75) is 135 Å². The van der Waals surface area contributed by atoms with Crippen molar-refractivity contribution in [3.05, 3.63) is 41.6 Å². The monoisotopic (exact) mass is 867 g/mol. The van der Waals surface area contributed by atoms with Gasteiger partial charge in [-0.15, -0.1) is 0 Å². The molecule has 324 valence electrons. The zero-order chi connectivity index (χ0) is 43.2. The molecule has 1 aromatic carbocycles. The zero-order valence-corrected chi connectivity index (χ0v) is 35.7. The minimum atomic E-state index is -4.87. The van der Waals surface area contributed by atoms with Crippen LogP contribution in [0.15, 0.2) is 36.5 Å². The summed E-state index contributed by atoms with van der Waals surface area (Å²) in [6.07, 6.45) is 0.958. The summed E-state index contributed by atoms with van der Waals surface area (Å²) >= 11 is 6.63. The third kappa shape index (κ3) is 9.84. The summed E-state index contributed by atoms with van der Waals surface area (Å²) in [6, 6.07) is 3.95. The molecule has 4 aliphatic rings. The molecule has 2 amide bonds. The second-order valence-corrected chi connectivity index (χ2v) is 20.0. The minimum Gasteiger partial charge on any atom is -0.489 e. The number of nitrogens with one attached hydrogen (secondary N) is 1. The van der Waals surface area contributed by atoms with E-state index in [0.717, 1.165) is 13.8 Å². The molecule has 59 heavy (non-hydrogen) atoms. The highest BCUT2D eigenvalue weighted by Crippen LogP contribution is 2.57. The number of pyridine rings is 1. The Labute approximate surface area is 348 Å². The lowest BCUT2D eigenvalue weighted by atomic mass is 9.82. The Morgan fingerprint density at radius 2 is 1.81 bits per heavy atom. The van der Waals surface area contributed by atoms with Crippen LogP contribution in [0.5, 0.6) is 11.6 Å². The van der Waals surface area contributed by atoms with Crippen LogP contribution in [-0.4, -0.2) is 83.7 Å². The van der Waals surface area contributed by atoms with Crippen molar-refractivity contribution in [1.29, 1.82) is 0 Å². The summed E-state index contributed by atoms with van der Waals surface area (Å²) in [5, 5.41) is 0.752. The molecule has 1 aromatic heterocycles. The molecule has 2 aliphatic heterocycles. The lowest BCUT2D eigenvalue weighted by Crippen LogP contribution is -2.48. The van der Waals surface area contributed by atoms with Crippen LogP contribution in [0.2, 0.25) is 5.02 Å². The van der Waals surface area contributed by atoms with Gasteiger partial charge < -0.3 is 19.1 Å². The Hall–Kier alpha value is -3.92. The van der Waals surface area contributed by atoms with Gasteiger partial charge in [-0.25, -0.2) is 13.4 Å². The largest absolute Gasteiger partial charge is 0.489 e. The van der Waals surface area contributed by atoms with E-state index < -0.39 is 92.4 Å². The van der Waals surface area contributed by atoms with Gasteiger partial charge in [-0.05, 0) is 96.1 Å². The number of hydrogen-bond acceptors (Lipinski definition) is 10. The molecular weight excluding hydrogens is 815 g/mol. The number of esters is 1. The number of sulfonamides is 1. The quantitative estimate of drug-likeness (QED) is 0.187. The highest BCUT2D eigenvalue weighted by atomic mass is 35.5. The third-order valence-corrected chi connectivity index (χ3v) is 14.2. The number of alkyl halides is 3. The van der Waals surface area contributed by atoms with Gasteiger partial charge in [0, 0.05) is 23.6 Å². The van der Waals surface area contributed by atoms with E-state index >= 15 is 0 Å². The van der Waals surface area contributed by atoms with E-state index in [1.165, 1.54) is 11.1 Å². The van der Waals surface area contributed by atoms with Gasteiger partial charge in [0.1, 0.15) is 11.9 Å². The van der Waals surface area contributed by atoms with Gasteiger partial charge in [-0.2, -0.15) is 13.2 Å². The maximum Gasteiger partial charge on any atom is 0.427 e. The smallest absolute Gasteiger partial charge is 0.427 e. The standard InChI is InChI=1S/C42H53ClF3N3O9S/c1-23(2)56-34-21-47-37(29-12-9-13-31(43)36(29)34)57-27-17-32-33(50)20-41(39(53)48-59(54,55)28-14-15-28)19-26(41)11-8-7-10-24(3)16-25(4)30(38(52)49(32)22-27)18-35(51)58-40(5,6)42(44,45)46/h8-9,11-13,21,23-28,30,32H,7,10,14-20,22H2,1-6H3,(H,48,53)/b11-8-/t24-,25-,26-,27-,30+,32+,41-/m1/s1. The summed E-state index contributed by atoms with van der Waals surface area (Å²) in [7, 11) is -3.94. The normalized spacial score (nSPS) is 28.9. The first kappa shape index (κ1) is 44.6. The summed E-state index contributed by atoms with van der Waals surface area (Å²) in [4.78, 5) is 62.5. The molecular formula is C42H53ClF3N3O9S. The molecule has 12 nitrogen and oxygen atoms in total. The van der Waals surface area contributed by atoms with Gasteiger partial charge in [-0.3, -0.25) is 23.9 Å². The van der Waals surface area contributed by atoms with Crippen LogP contribution in [0, 0.1) is 29.1 Å². The van der Waals surface area contributed by atoms with E-state index in [1.54, 1.807) is 25.1 Å². The maximum atomic E-state index is 14.9. The van der Waals surface area contributed by atoms with Crippen molar-refractivity contribution in [2.75, 3.05) is 6.54 Å². The molecule has 0 unspecified atom stereocenters. The zero-order valence-electron chi connectivity index (χ0n) is 34.1. The van der Waals surface area contributed by atoms with Crippen LogP contribution in [-0.2, 0) is 33.9 Å². The number of aromatic nitrogens is 1. The highest BCUT2D eigenvalue weighted by molar-refractivity contribution is 7.90. The van der Waals surface area contributed by atoms with Crippen molar-refractivity contribution in [3.8, 4) is 11.6 Å². The second-order valence-electron chi connectivity index (χ2n) is 17.6. The van der Waals surface area contributed by atoms with E-state index in [9.17, 15) is 40.8 Å². The SMILES string of the molecule is CC(C)Oc1cnc(O[C@@H]2C[C@H]3C(=O)C[C@]4(C(=O)NS(=O)(=O)C5CC5)C[C@H]4/C=C\CC[C@@H](C)C[C@@H](C)[C@H](CC(=O)OC(C)(C)C(F)(F)F)C(=O)N3C2)c2cccc(Cl)c12. The van der Waals surface area contributed by atoms with Gasteiger partial charge in [-0.1, -0.05) is 43.7 Å². The molecule has 2 aromatic rings. The fourth-order valence-corrected chi connectivity index (χ4v) is 10.0. The number of rotatable bonds is 10. The fraction of sp³-hybridized carbons (Fsp3) is 0.643. The summed E-state index contributed by atoms with van der Waals surface area (Å²) in [6.45, 7) is 8.74. The Kier molecular flexibility index (Phi) is 12.7. The average molecular weight is 868 g/mol. The van der Waals surface area contributed by atoms with Crippen molar-refractivity contribution in [2.24, 2.45) is 29.1 Å². The Balaban J connectivity index is 1.36. The van der Waals surface area contributed by atoms with Crippen molar-refractivity contribution >= 4 is 56.0 Å². The molecule has 3 fully saturated rings. The van der Waals surface area contributed by atoms with Gasteiger partial charge in [0.15, 0.2) is 5.78 Å². The topological polar surface area (TPSA) is 158 Å². The number of allylic oxidation sites excluding steroid dienone is 2. The van der Waals surface area contributed by atoms with Gasteiger partial charge in [0.05, 0.1) is 52.9 Å². The van der Waals surface area contributed by atoms with E-state index in [0.29, 0.717) is 53.6 Å². The van der Waals surface area contributed by atoms with Crippen LogP contribution in [0.4, 0.5) is 13.2 Å². The molecule has 3 heterocycles. The van der Waals surface area contributed by atoms with Crippen LogP contribution >= 0.6 is 11.6 Å². The molecule has 0 spiro atoms. The number of Topliss-reactive ketones (excluding diaryl/α,β-unsaturated/α-hetero) is 1. The van der Waals surface area contributed by atoms with E-state index in [-0.39, 0.29) is 43.7 Å². The number of fused-ring (bicyclic) bond motifs is 3. The lowest BCUT2D eigenvalue weighted by molar-refractivity contribution is -0.257. The van der Waals surface area contributed by atoms with Crippen molar-refractivity contribution < 1.29 is 55.0 Å². The molecule has 7 atom stereocenters. The van der Waals surface area contributed by atoms with Gasteiger partial charge in [0.2, 0.25) is 33.3 Å². The molecule has 17 heteroatoms. The number of ketones is 1. The number of hydrogen-bond donors (Lipinski definition) is 1. The molecule has 0 radical (unpaired) electrons. The fourth-order valence-electron chi connectivity index (χ4n) is 8.35. The Morgan fingerprint density at radius 1 is 1.10 bits per heavy atom. The molecule has 2 aliphatic carbocycles. The molecule has 0 bridgehead atoms. The van der Waals surface area contributed by atoms with Crippen LogP contribution in [0.1, 0.15) is 99.3 Å². The first-order valence-corrected chi connectivity index (χ1v) is 22.2. The number of carbonyl (C=O) groups is 4. The van der Waals surface area contributed by atoms with E-state index in [1.807, 2.05) is 32.9 Å². The molecule has 1 N–H and O–H groups in total. The number of ether oxygens (including phenoxy) is 3. The second kappa shape index (κ2) is 16.9. The number of amides is 2. The number of carbonyl (C=O) groups excluding carboxylic acids is 4. The molecule has 6 rings (SSSR count). The summed E-state index contributed by atoms with van der Waals surface area (Å²) in [5.41, 5.74) is -4.20. The van der Waals surface area contributed by atoms with Crippen LogP contribution in [0.3, 0.4) is 0 Å². The van der Waals surface area contributed by atoms with E-state index in [4.69, 9.17) is 25.8 Å². The number of nitrogens with zero attached hydrogens (tertiary/aromatic N) is 2. The lowest BCUT2D eigenvalue weighted by Gasteiger charge is -2.33.